The summed E-state index contributed by atoms with van der Waals surface area (Å²) in [5.74, 6) is 0.505. The Hall–Kier alpha value is -3.02. The molecule has 0 aliphatic carbocycles. The Bertz CT molecular complexity index is 1340. The van der Waals surface area contributed by atoms with Crippen molar-refractivity contribution >= 4 is 56.6 Å². The molecule has 1 aromatic carbocycles. The summed E-state index contributed by atoms with van der Waals surface area (Å²) in [6.45, 7) is 4.75. The number of benzene rings is 1. The van der Waals surface area contributed by atoms with Crippen molar-refractivity contribution in [1.82, 2.24) is 5.16 Å². The van der Waals surface area contributed by atoms with Crippen molar-refractivity contribution in [3.63, 3.8) is 0 Å². The maximum Gasteiger partial charge on any atom is 0.308 e. The number of halogens is 1. The number of rotatable bonds is 6. The zero-order valence-electron chi connectivity index (χ0n) is 17.1. The molecule has 0 spiro atoms. The van der Waals surface area contributed by atoms with Crippen LogP contribution in [0, 0.1) is 13.8 Å². The number of carbonyl (C=O) groups excluding carboxylic acids is 1. The first-order valence-electron chi connectivity index (χ1n) is 9.18. The second-order valence-electron chi connectivity index (χ2n) is 6.79. The molecule has 9 nitrogen and oxygen atoms in total. The second-order valence-corrected chi connectivity index (χ2v) is 9.76. The van der Waals surface area contributed by atoms with Crippen LogP contribution in [-0.2, 0) is 19.6 Å². The quantitative estimate of drug-likeness (QED) is 0.388. The first-order valence-corrected chi connectivity index (χ1v) is 11.9. The van der Waals surface area contributed by atoms with Gasteiger partial charge in [0.05, 0.1) is 4.88 Å². The van der Waals surface area contributed by atoms with Crippen LogP contribution < -0.4 is 14.2 Å². The van der Waals surface area contributed by atoms with Gasteiger partial charge in [-0.05, 0) is 43.0 Å². The molecule has 1 N–H and O–H groups in total. The average molecular weight is 497 g/mol. The maximum absolute atomic E-state index is 13.0. The fourth-order valence-corrected chi connectivity index (χ4v) is 5.49. The summed E-state index contributed by atoms with van der Waals surface area (Å²) >= 11 is 7.19. The van der Waals surface area contributed by atoms with Crippen LogP contribution in [0.1, 0.15) is 28.6 Å². The van der Waals surface area contributed by atoms with Crippen LogP contribution in [0.25, 0.3) is 11.8 Å². The zero-order chi connectivity index (χ0) is 23.0. The van der Waals surface area contributed by atoms with Gasteiger partial charge in [0.2, 0.25) is 6.79 Å². The number of aryl methyl sites for hydroxylation is 2. The van der Waals surface area contributed by atoms with Crippen molar-refractivity contribution < 1.29 is 31.9 Å². The molecule has 3 heterocycles. The molecule has 168 valence electrons. The van der Waals surface area contributed by atoms with Gasteiger partial charge in [-0.1, -0.05) is 16.8 Å². The molecular formula is C20H17ClN2O7S2. The zero-order valence-corrected chi connectivity index (χ0v) is 19.5. The highest BCUT2D eigenvalue weighted by molar-refractivity contribution is 7.93. The highest BCUT2D eigenvalue weighted by atomic mass is 35.5. The fourth-order valence-electron chi connectivity index (χ4n) is 2.98. The minimum atomic E-state index is -4.07. The Balaban J connectivity index is 1.76. The molecule has 0 saturated heterocycles. The van der Waals surface area contributed by atoms with Crippen LogP contribution in [-0.4, -0.2) is 26.3 Å². The van der Waals surface area contributed by atoms with Gasteiger partial charge in [0.25, 0.3) is 15.9 Å². The summed E-state index contributed by atoms with van der Waals surface area (Å²) < 4.78 is 49.4. The Morgan fingerprint density at radius 3 is 2.66 bits per heavy atom. The summed E-state index contributed by atoms with van der Waals surface area (Å²) in [6, 6.07) is 4.87. The molecule has 1 aliphatic rings. The Kier molecular flexibility index (Phi) is 5.89. The van der Waals surface area contributed by atoms with Crippen LogP contribution in [0.5, 0.6) is 11.5 Å². The molecule has 1 aliphatic heterocycles. The molecule has 0 atom stereocenters. The number of thiophene rings is 1. The lowest BCUT2D eigenvalue weighted by molar-refractivity contribution is -0.134. The van der Waals surface area contributed by atoms with Crippen LogP contribution in [0.3, 0.4) is 0 Å². The number of nitrogens with one attached hydrogen (secondary N) is 1. The largest absolute Gasteiger partial charge is 0.454 e. The van der Waals surface area contributed by atoms with E-state index >= 15 is 0 Å². The number of hydrogen-bond donors (Lipinski definition) is 1. The fraction of sp³-hybridized carbons (Fsp3) is 0.200. The Morgan fingerprint density at radius 1 is 1.28 bits per heavy atom. The van der Waals surface area contributed by atoms with Gasteiger partial charge in [0, 0.05) is 18.6 Å². The summed E-state index contributed by atoms with van der Waals surface area (Å²) in [5, 5.41) is 5.31. The molecule has 12 heteroatoms. The highest BCUT2D eigenvalue weighted by Gasteiger charge is 2.25. The van der Waals surface area contributed by atoms with Crippen molar-refractivity contribution in [3.8, 4) is 11.5 Å². The Morgan fingerprint density at radius 2 is 2.00 bits per heavy atom. The molecule has 2 aromatic heterocycles. The number of aromatic nitrogens is 1. The maximum atomic E-state index is 13.0. The molecule has 0 bridgehead atoms. The van der Waals surface area contributed by atoms with Crippen molar-refractivity contribution in [2.75, 3.05) is 11.5 Å². The van der Waals surface area contributed by atoms with Crippen molar-refractivity contribution in [2.24, 2.45) is 0 Å². The molecule has 32 heavy (non-hydrogen) atoms. The predicted molar refractivity (Wildman–Crippen MR) is 118 cm³/mol. The number of nitrogens with zero attached hydrogens (tertiary/aromatic N) is 1. The standard InChI is InChI=1S/C20H17ClN2O7S2/c1-10-6-15-16(28-9-27-15)7-13(10)14(29-12(3)24)8-17-18(4-5-31-17)32(25,26)23-20-19(21)11(2)22-30-20/h4-8,23H,9H2,1-3H3/b14-8-. The van der Waals surface area contributed by atoms with Gasteiger partial charge in [0.15, 0.2) is 11.5 Å². The molecular weight excluding hydrogens is 480 g/mol. The summed E-state index contributed by atoms with van der Waals surface area (Å²) in [7, 11) is -4.07. The monoisotopic (exact) mass is 496 g/mol. The van der Waals surface area contributed by atoms with E-state index in [-0.39, 0.29) is 28.4 Å². The van der Waals surface area contributed by atoms with E-state index in [0.717, 1.165) is 16.9 Å². The van der Waals surface area contributed by atoms with Crippen molar-refractivity contribution in [1.29, 1.82) is 0 Å². The molecule has 3 aromatic rings. The third kappa shape index (κ3) is 4.31. The normalized spacial score (nSPS) is 13.3. The van der Waals surface area contributed by atoms with Crippen LogP contribution in [0.4, 0.5) is 5.88 Å². The number of fused-ring (bicyclic) bond motifs is 1. The molecule has 0 amide bonds. The lowest BCUT2D eigenvalue weighted by Crippen LogP contribution is -2.13. The topological polar surface area (TPSA) is 117 Å². The van der Waals surface area contributed by atoms with Gasteiger partial charge in [-0.15, -0.1) is 11.3 Å². The smallest absolute Gasteiger partial charge is 0.308 e. The number of hydrogen-bond acceptors (Lipinski definition) is 9. The van der Waals surface area contributed by atoms with Gasteiger partial charge in [0.1, 0.15) is 21.4 Å². The van der Waals surface area contributed by atoms with Crippen LogP contribution in [0.2, 0.25) is 5.02 Å². The lowest BCUT2D eigenvalue weighted by Gasteiger charge is -2.12. The van der Waals surface area contributed by atoms with Gasteiger partial charge in [-0.2, -0.15) is 0 Å². The molecule has 0 saturated carbocycles. The van der Waals surface area contributed by atoms with Gasteiger partial charge in [-0.25, -0.2) is 13.1 Å². The van der Waals surface area contributed by atoms with E-state index in [2.05, 4.69) is 9.88 Å². The third-order valence-electron chi connectivity index (χ3n) is 4.47. The van der Waals surface area contributed by atoms with E-state index in [0.29, 0.717) is 27.6 Å². The van der Waals surface area contributed by atoms with E-state index in [1.165, 1.54) is 19.1 Å². The van der Waals surface area contributed by atoms with E-state index < -0.39 is 16.0 Å². The van der Waals surface area contributed by atoms with Crippen molar-refractivity contribution in [2.45, 2.75) is 25.7 Å². The highest BCUT2D eigenvalue weighted by Crippen LogP contribution is 2.38. The molecule has 4 rings (SSSR count). The SMILES string of the molecule is CC(=O)O/C(=C\c1sccc1S(=O)(=O)Nc1onc(C)c1Cl)c1cc2c(cc1C)OCO2. The van der Waals surface area contributed by atoms with E-state index in [9.17, 15) is 13.2 Å². The second kappa shape index (κ2) is 8.49. The number of esters is 1. The summed E-state index contributed by atoms with van der Waals surface area (Å²) in [4.78, 5) is 12.1. The van der Waals surface area contributed by atoms with E-state index in [1.807, 2.05) is 6.92 Å². The third-order valence-corrected chi connectivity index (χ3v) is 7.29. The van der Waals surface area contributed by atoms with E-state index in [4.69, 9.17) is 30.3 Å². The number of carbonyl (C=O) groups is 1. The van der Waals surface area contributed by atoms with Gasteiger partial charge in [-0.3, -0.25) is 4.79 Å². The predicted octanol–water partition coefficient (Wildman–Crippen LogP) is 4.60. The average Bonchev–Trinajstić information content (AvgIpc) is 3.43. The van der Waals surface area contributed by atoms with Gasteiger partial charge < -0.3 is 18.7 Å². The van der Waals surface area contributed by atoms with Crippen LogP contribution >= 0.6 is 22.9 Å². The minimum absolute atomic E-state index is 0.0457. The molecule has 0 radical (unpaired) electrons. The Labute approximate surface area is 192 Å². The van der Waals surface area contributed by atoms with Gasteiger partial charge >= 0.3 is 5.97 Å². The van der Waals surface area contributed by atoms with Crippen LogP contribution in [0.15, 0.2) is 33.0 Å². The lowest BCUT2D eigenvalue weighted by atomic mass is 10.1. The number of ether oxygens (including phenoxy) is 3. The first kappa shape index (κ1) is 22.2. The minimum Gasteiger partial charge on any atom is -0.454 e. The number of sulfonamides is 1. The first-order chi connectivity index (χ1) is 15.2. The molecule has 0 fully saturated rings. The van der Waals surface area contributed by atoms with E-state index in [1.54, 1.807) is 24.4 Å². The summed E-state index contributed by atoms with van der Waals surface area (Å²) in [5.41, 5.74) is 1.66. The summed E-state index contributed by atoms with van der Waals surface area (Å²) in [6.07, 6.45) is 1.48. The molecule has 0 unspecified atom stereocenters. The number of anilines is 1. The van der Waals surface area contributed by atoms with Crippen molar-refractivity contribution in [3.05, 3.63) is 50.3 Å².